The number of aromatic nitrogens is 2. The zero-order chi connectivity index (χ0) is 21.1. The molecule has 0 bridgehead atoms. The number of fused-ring (bicyclic) bond motifs is 1. The predicted octanol–water partition coefficient (Wildman–Crippen LogP) is 4.07. The fourth-order valence-corrected chi connectivity index (χ4v) is 5.79. The molecular weight excluding hydrogens is 444 g/mol. The molecule has 2 aromatic carbocycles. The molecule has 1 aromatic heterocycles. The molecular formula is C20H21ClN4O3S2. The second-order valence-corrected chi connectivity index (χ2v) is 10.1. The number of amides is 1. The molecule has 0 unspecified atom stereocenters. The number of carbonyl (C=O) groups excluding carboxylic acids is 1. The Morgan fingerprint density at radius 2 is 1.83 bits per heavy atom. The Morgan fingerprint density at radius 1 is 1.07 bits per heavy atom. The van der Waals surface area contributed by atoms with Crippen LogP contribution in [0.25, 0.3) is 11.0 Å². The number of anilines is 1. The van der Waals surface area contributed by atoms with Crippen LogP contribution in [0.3, 0.4) is 0 Å². The predicted molar refractivity (Wildman–Crippen MR) is 118 cm³/mol. The lowest BCUT2D eigenvalue weighted by atomic mass is 9.81. The lowest BCUT2D eigenvalue weighted by molar-refractivity contribution is -0.121. The highest BCUT2D eigenvalue weighted by Crippen LogP contribution is 2.31. The summed E-state index contributed by atoms with van der Waals surface area (Å²) in [4.78, 5) is 12.7. The summed E-state index contributed by atoms with van der Waals surface area (Å²) in [7, 11) is -3.67. The van der Waals surface area contributed by atoms with Crippen molar-refractivity contribution < 1.29 is 13.2 Å². The van der Waals surface area contributed by atoms with Crippen molar-refractivity contribution in [3.05, 3.63) is 47.5 Å². The third-order valence-corrected chi connectivity index (χ3v) is 7.78. The maximum Gasteiger partial charge on any atom is 0.242 e. The molecule has 10 heteroatoms. The van der Waals surface area contributed by atoms with Crippen LogP contribution in [0, 0.1) is 11.8 Å². The van der Waals surface area contributed by atoms with Crippen molar-refractivity contribution in [3.63, 3.8) is 0 Å². The summed E-state index contributed by atoms with van der Waals surface area (Å²) < 4.78 is 36.4. The number of benzene rings is 2. The van der Waals surface area contributed by atoms with Crippen molar-refractivity contribution in [2.24, 2.45) is 11.8 Å². The number of halogens is 1. The van der Waals surface area contributed by atoms with Crippen molar-refractivity contribution in [2.75, 3.05) is 11.9 Å². The molecule has 1 fully saturated rings. The van der Waals surface area contributed by atoms with Gasteiger partial charge >= 0.3 is 0 Å². The Hall–Kier alpha value is -2.07. The van der Waals surface area contributed by atoms with Gasteiger partial charge in [0.05, 0.1) is 22.4 Å². The smallest absolute Gasteiger partial charge is 0.242 e. The van der Waals surface area contributed by atoms with E-state index in [2.05, 4.69) is 18.8 Å². The molecule has 158 valence electrons. The van der Waals surface area contributed by atoms with Crippen molar-refractivity contribution in [2.45, 2.75) is 30.6 Å². The minimum absolute atomic E-state index is 0.0372. The third-order valence-electron chi connectivity index (χ3n) is 5.45. The van der Waals surface area contributed by atoms with Gasteiger partial charge in [-0.15, -0.1) is 0 Å². The molecule has 1 amide bonds. The molecule has 2 N–H and O–H groups in total. The van der Waals surface area contributed by atoms with Gasteiger partial charge in [0, 0.05) is 12.5 Å². The van der Waals surface area contributed by atoms with Crippen molar-refractivity contribution in [3.8, 4) is 0 Å². The monoisotopic (exact) mass is 464 g/mol. The number of nitrogens with one attached hydrogen (secondary N) is 2. The van der Waals surface area contributed by atoms with Gasteiger partial charge in [0.15, 0.2) is 0 Å². The molecule has 0 spiro atoms. The van der Waals surface area contributed by atoms with Gasteiger partial charge in [-0.25, -0.2) is 13.1 Å². The highest BCUT2D eigenvalue weighted by atomic mass is 35.5. The summed E-state index contributed by atoms with van der Waals surface area (Å²) in [5.74, 6) is 0.0608. The van der Waals surface area contributed by atoms with Gasteiger partial charge < -0.3 is 5.32 Å². The van der Waals surface area contributed by atoms with E-state index in [1.807, 2.05) is 12.1 Å². The molecule has 0 atom stereocenters. The zero-order valence-corrected chi connectivity index (χ0v) is 18.4. The summed E-state index contributed by atoms with van der Waals surface area (Å²) >= 11 is 7.10. The van der Waals surface area contributed by atoms with Gasteiger partial charge in [-0.2, -0.15) is 8.75 Å². The van der Waals surface area contributed by atoms with Gasteiger partial charge in [-0.3, -0.25) is 4.79 Å². The summed E-state index contributed by atoms with van der Waals surface area (Å²) in [5.41, 5.74) is 1.59. The van der Waals surface area contributed by atoms with E-state index in [0.29, 0.717) is 41.1 Å². The molecule has 0 saturated heterocycles. The lowest BCUT2D eigenvalue weighted by Gasteiger charge is -2.28. The van der Waals surface area contributed by atoms with E-state index in [1.54, 1.807) is 30.3 Å². The summed E-state index contributed by atoms with van der Waals surface area (Å²) in [6.07, 6.45) is 3.00. The second-order valence-electron chi connectivity index (χ2n) is 7.43. The van der Waals surface area contributed by atoms with Gasteiger partial charge in [0.2, 0.25) is 15.9 Å². The maximum absolute atomic E-state index is 12.7. The quantitative estimate of drug-likeness (QED) is 0.572. The standard InChI is InChI=1S/C20H21ClN4O3S2/c21-15-4-1-2-5-16(15)23-20(26)14-10-8-13(9-11-14)12-22-30(27,28)18-7-3-6-17-19(18)25-29-24-17/h1-7,13-14,22H,8-12H2,(H,23,26). The van der Waals surface area contributed by atoms with E-state index < -0.39 is 10.0 Å². The van der Waals surface area contributed by atoms with Crippen molar-refractivity contribution in [1.29, 1.82) is 0 Å². The molecule has 1 heterocycles. The van der Waals surface area contributed by atoms with Crippen LogP contribution < -0.4 is 10.0 Å². The molecule has 1 aliphatic rings. The number of carbonyl (C=O) groups is 1. The maximum atomic E-state index is 12.7. The van der Waals surface area contributed by atoms with Crippen molar-refractivity contribution >= 4 is 56.0 Å². The first-order chi connectivity index (χ1) is 14.4. The molecule has 4 rings (SSSR count). The Labute approximate surface area is 184 Å². The van der Waals surface area contributed by atoms with Gasteiger partial charge in [0.1, 0.15) is 15.9 Å². The van der Waals surface area contributed by atoms with E-state index in [9.17, 15) is 13.2 Å². The van der Waals surface area contributed by atoms with E-state index in [1.165, 1.54) is 0 Å². The SMILES string of the molecule is O=C(Nc1ccccc1Cl)C1CCC(CNS(=O)(=O)c2cccc3nsnc23)CC1. The molecule has 3 aromatic rings. The molecule has 0 radical (unpaired) electrons. The third kappa shape index (κ3) is 4.64. The first kappa shape index (κ1) is 21.2. The Balaban J connectivity index is 1.31. The van der Waals surface area contributed by atoms with Crippen LogP contribution in [-0.4, -0.2) is 29.6 Å². The Morgan fingerprint density at radius 3 is 2.60 bits per heavy atom. The number of sulfonamides is 1. The first-order valence-corrected chi connectivity index (χ1v) is 12.3. The average molecular weight is 465 g/mol. The van der Waals surface area contributed by atoms with Crippen molar-refractivity contribution in [1.82, 2.24) is 13.5 Å². The number of hydrogen-bond donors (Lipinski definition) is 2. The van der Waals surface area contributed by atoms with Crippen LogP contribution in [0.4, 0.5) is 5.69 Å². The Kier molecular flexibility index (Phi) is 6.33. The number of rotatable bonds is 6. The molecule has 30 heavy (non-hydrogen) atoms. The number of nitrogens with zero attached hydrogens (tertiary/aromatic N) is 2. The van der Waals surface area contributed by atoms with Crippen LogP contribution in [0.1, 0.15) is 25.7 Å². The fraction of sp³-hybridized carbons (Fsp3) is 0.350. The lowest BCUT2D eigenvalue weighted by Crippen LogP contribution is -2.33. The van der Waals surface area contributed by atoms with E-state index in [-0.39, 0.29) is 22.6 Å². The Bertz CT molecular complexity index is 1160. The largest absolute Gasteiger partial charge is 0.325 e. The topological polar surface area (TPSA) is 101 Å². The molecule has 1 saturated carbocycles. The van der Waals surface area contributed by atoms with Crippen LogP contribution in [-0.2, 0) is 14.8 Å². The van der Waals surface area contributed by atoms with E-state index >= 15 is 0 Å². The fourth-order valence-electron chi connectivity index (χ4n) is 3.73. The number of hydrogen-bond acceptors (Lipinski definition) is 6. The average Bonchev–Trinajstić information content (AvgIpc) is 3.23. The van der Waals surface area contributed by atoms with Crippen LogP contribution in [0.2, 0.25) is 5.02 Å². The minimum Gasteiger partial charge on any atom is -0.325 e. The summed E-state index contributed by atoms with van der Waals surface area (Å²) in [6.45, 7) is 0.342. The van der Waals surface area contributed by atoms with Crippen LogP contribution >= 0.6 is 23.3 Å². The van der Waals surface area contributed by atoms with E-state index in [0.717, 1.165) is 24.6 Å². The zero-order valence-electron chi connectivity index (χ0n) is 16.0. The van der Waals surface area contributed by atoms with Gasteiger partial charge in [0.25, 0.3) is 0 Å². The molecule has 7 nitrogen and oxygen atoms in total. The number of para-hydroxylation sites is 1. The molecule has 0 aliphatic heterocycles. The van der Waals surface area contributed by atoms with Gasteiger partial charge in [-0.05, 0) is 55.9 Å². The normalized spacial score (nSPS) is 19.6. The minimum atomic E-state index is -3.67. The van der Waals surface area contributed by atoms with E-state index in [4.69, 9.17) is 11.6 Å². The highest BCUT2D eigenvalue weighted by molar-refractivity contribution is 7.89. The summed E-state index contributed by atoms with van der Waals surface area (Å²) in [6, 6.07) is 12.1. The van der Waals surface area contributed by atoms with Crippen LogP contribution in [0.5, 0.6) is 0 Å². The molecule has 1 aliphatic carbocycles. The van der Waals surface area contributed by atoms with Crippen LogP contribution in [0.15, 0.2) is 47.4 Å². The second kappa shape index (κ2) is 8.97. The van der Waals surface area contributed by atoms with Gasteiger partial charge in [-0.1, -0.05) is 29.8 Å². The summed E-state index contributed by atoms with van der Waals surface area (Å²) in [5, 5.41) is 3.41. The highest BCUT2D eigenvalue weighted by Gasteiger charge is 2.28. The first-order valence-electron chi connectivity index (χ1n) is 9.70.